The highest BCUT2D eigenvalue weighted by molar-refractivity contribution is 6.03. The van der Waals surface area contributed by atoms with Crippen molar-refractivity contribution in [2.45, 2.75) is 33.2 Å². The van der Waals surface area contributed by atoms with E-state index in [-0.39, 0.29) is 5.91 Å². The highest BCUT2D eigenvalue weighted by atomic mass is 16.5. The van der Waals surface area contributed by atoms with E-state index < -0.39 is 5.54 Å². The number of carbonyl (C=O) groups excluding carboxylic acids is 1. The Morgan fingerprint density at radius 1 is 0.735 bits per heavy atom. The maximum Gasteiger partial charge on any atom is 0.275 e. The summed E-state index contributed by atoms with van der Waals surface area (Å²) in [6.45, 7) is 13.9. The zero-order chi connectivity index (χ0) is 34.4. The Balaban J connectivity index is 1.50. The van der Waals surface area contributed by atoms with Crippen LogP contribution >= 0.6 is 0 Å². The van der Waals surface area contributed by atoms with E-state index in [2.05, 4.69) is 73.9 Å². The van der Waals surface area contributed by atoms with Gasteiger partial charge in [0.25, 0.3) is 5.91 Å². The van der Waals surface area contributed by atoms with E-state index in [0.29, 0.717) is 49.2 Å². The van der Waals surface area contributed by atoms with Crippen LogP contribution in [0.2, 0.25) is 0 Å². The quantitative estimate of drug-likeness (QED) is 0.0977. The molecule has 1 spiro atoms. The van der Waals surface area contributed by atoms with Gasteiger partial charge in [0.15, 0.2) is 0 Å². The van der Waals surface area contributed by atoms with E-state index in [4.69, 9.17) is 24.0 Å². The molecule has 0 aromatic heterocycles. The normalized spacial score (nSPS) is 14.1. The van der Waals surface area contributed by atoms with Crippen molar-refractivity contribution in [1.82, 2.24) is 5.01 Å². The number of fused-ring (bicyclic) bond motifs is 6. The van der Waals surface area contributed by atoms with E-state index in [1.807, 2.05) is 48.5 Å². The van der Waals surface area contributed by atoms with Crippen LogP contribution in [0.5, 0.6) is 17.2 Å². The molecule has 2 heterocycles. The highest BCUT2D eigenvalue weighted by Gasteiger charge is 2.57. The maximum atomic E-state index is 14.5. The van der Waals surface area contributed by atoms with Gasteiger partial charge in [0, 0.05) is 84.6 Å². The Bertz CT molecular complexity index is 1740. The van der Waals surface area contributed by atoms with Crippen molar-refractivity contribution in [2.24, 2.45) is 5.10 Å². The number of benzene rings is 4. The van der Waals surface area contributed by atoms with Gasteiger partial charge in [-0.3, -0.25) is 4.79 Å². The van der Waals surface area contributed by atoms with Crippen LogP contribution in [-0.4, -0.2) is 76.8 Å². The number of carbonyl (C=O) groups is 1. The minimum atomic E-state index is -1.07. The SMILES string of the molecule is CCN(CC)c1ccc2c(c1)Oc1cc(N(CC)CC)ccc1C21c2ccccc2C(=O)N1/N=C/c1ccccc1OCCOCCOC. The second kappa shape index (κ2) is 15.1. The molecule has 2 aliphatic heterocycles. The molecule has 4 aromatic carbocycles. The summed E-state index contributed by atoms with van der Waals surface area (Å²) in [6.07, 6.45) is 1.72. The first-order chi connectivity index (χ1) is 24.0. The van der Waals surface area contributed by atoms with Crippen LogP contribution in [0.1, 0.15) is 60.3 Å². The number of methoxy groups -OCH3 is 1. The fourth-order valence-electron chi connectivity index (χ4n) is 6.94. The van der Waals surface area contributed by atoms with E-state index in [1.54, 1.807) is 18.3 Å². The highest BCUT2D eigenvalue weighted by Crippen LogP contribution is 2.58. The number of ether oxygens (including phenoxy) is 4. The molecule has 256 valence electrons. The summed E-state index contributed by atoms with van der Waals surface area (Å²) in [7, 11) is 1.65. The lowest BCUT2D eigenvalue weighted by Gasteiger charge is -2.42. The number of para-hydroxylation sites is 1. The predicted octanol–water partition coefficient (Wildman–Crippen LogP) is 7.31. The van der Waals surface area contributed by atoms with Crippen LogP contribution in [0.4, 0.5) is 11.4 Å². The van der Waals surface area contributed by atoms with Crippen LogP contribution in [0.15, 0.2) is 90.0 Å². The molecule has 6 rings (SSSR count). The molecule has 9 nitrogen and oxygen atoms in total. The molecule has 0 aliphatic carbocycles. The van der Waals surface area contributed by atoms with Crippen LogP contribution in [-0.2, 0) is 15.0 Å². The Labute approximate surface area is 289 Å². The van der Waals surface area contributed by atoms with Gasteiger partial charge in [0.05, 0.1) is 26.0 Å². The van der Waals surface area contributed by atoms with Gasteiger partial charge in [-0.25, -0.2) is 5.01 Å². The monoisotopic (exact) mass is 662 g/mol. The number of nitrogens with zero attached hydrogens (tertiary/aromatic N) is 4. The molecule has 49 heavy (non-hydrogen) atoms. The standard InChI is InChI=1S/C40H46N4O5/c1-6-42(7-2)30-18-20-34-37(26-30)49-38-27-31(43(8-3)9-4)19-21-35(38)40(34)33-16-12-11-15-32(33)39(45)44(40)41-28-29-14-10-13-17-36(29)48-25-24-47-23-22-46-5/h10-21,26-28H,6-9,22-25H2,1-5H3/b41-28+. The summed E-state index contributed by atoms with van der Waals surface area (Å²) >= 11 is 0. The molecule has 0 N–H and O–H groups in total. The molecule has 0 fully saturated rings. The minimum absolute atomic E-state index is 0.184. The summed E-state index contributed by atoms with van der Waals surface area (Å²) in [6, 6.07) is 28.2. The first-order valence-corrected chi connectivity index (χ1v) is 17.2. The second-order valence-electron chi connectivity index (χ2n) is 11.9. The average molecular weight is 663 g/mol. The number of hydrogen-bond acceptors (Lipinski definition) is 8. The van der Waals surface area contributed by atoms with Gasteiger partial charge in [-0.15, -0.1) is 0 Å². The number of anilines is 2. The van der Waals surface area contributed by atoms with Gasteiger partial charge in [-0.1, -0.05) is 42.5 Å². The maximum absolute atomic E-state index is 14.5. The molecule has 0 atom stereocenters. The van der Waals surface area contributed by atoms with E-state index in [9.17, 15) is 4.79 Å². The van der Waals surface area contributed by atoms with Crippen molar-refractivity contribution in [1.29, 1.82) is 0 Å². The van der Waals surface area contributed by atoms with Crippen LogP contribution in [0, 0.1) is 0 Å². The molecular formula is C40H46N4O5. The van der Waals surface area contributed by atoms with Gasteiger partial charge < -0.3 is 28.7 Å². The number of amides is 1. The largest absolute Gasteiger partial charge is 0.491 e. The topological polar surface area (TPSA) is 76.1 Å². The molecule has 0 saturated heterocycles. The Hall–Kier alpha value is -4.86. The van der Waals surface area contributed by atoms with Crippen molar-refractivity contribution in [3.63, 3.8) is 0 Å². The van der Waals surface area contributed by atoms with E-state index >= 15 is 0 Å². The third-order valence-electron chi connectivity index (χ3n) is 9.39. The Morgan fingerprint density at radius 2 is 1.33 bits per heavy atom. The number of hydrazone groups is 1. The molecule has 0 bridgehead atoms. The summed E-state index contributed by atoms with van der Waals surface area (Å²) in [4.78, 5) is 19.1. The number of rotatable bonds is 15. The van der Waals surface area contributed by atoms with E-state index in [0.717, 1.165) is 59.8 Å². The second-order valence-corrected chi connectivity index (χ2v) is 11.9. The molecule has 2 aliphatic rings. The predicted molar refractivity (Wildman–Crippen MR) is 195 cm³/mol. The van der Waals surface area contributed by atoms with Crippen molar-refractivity contribution >= 4 is 23.5 Å². The molecule has 1 amide bonds. The van der Waals surface area contributed by atoms with Gasteiger partial charge in [-0.05, 0) is 58.0 Å². The van der Waals surface area contributed by atoms with Crippen molar-refractivity contribution in [3.05, 3.63) is 113 Å². The minimum Gasteiger partial charge on any atom is -0.491 e. The van der Waals surface area contributed by atoms with Gasteiger partial charge in [-0.2, -0.15) is 5.10 Å². The lowest BCUT2D eigenvalue weighted by atomic mass is 9.75. The zero-order valence-electron chi connectivity index (χ0n) is 29.1. The first-order valence-electron chi connectivity index (χ1n) is 17.2. The summed E-state index contributed by atoms with van der Waals surface area (Å²) in [5, 5.41) is 6.66. The van der Waals surface area contributed by atoms with E-state index in [1.165, 1.54) is 0 Å². The zero-order valence-corrected chi connectivity index (χ0v) is 29.1. The molecule has 0 radical (unpaired) electrons. The molecule has 0 saturated carbocycles. The smallest absolute Gasteiger partial charge is 0.275 e. The van der Waals surface area contributed by atoms with Gasteiger partial charge in [0.2, 0.25) is 0 Å². The number of hydrogen-bond donors (Lipinski definition) is 0. The summed E-state index contributed by atoms with van der Waals surface area (Å²) < 4.78 is 23.5. The Kier molecular flexibility index (Phi) is 10.5. The lowest BCUT2D eigenvalue weighted by molar-refractivity contribution is 0.0544. The Morgan fingerprint density at radius 3 is 1.96 bits per heavy atom. The van der Waals surface area contributed by atoms with Gasteiger partial charge >= 0.3 is 0 Å². The molecule has 4 aromatic rings. The summed E-state index contributed by atoms with van der Waals surface area (Å²) in [5.74, 6) is 1.88. The van der Waals surface area contributed by atoms with Crippen LogP contribution < -0.4 is 19.3 Å². The van der Waals surface area contributed by atoms with Crippen molar-refractivity contribution < 1.29 is 23.7 Å². The third kappa shape index (κ3) is 6.24. The van der Waals surface area contributed by atoms with Gasteiger partial charge in [0.1, 0.15) is 29.4 Å². The van der Waals surface area contributed by atoms with Crippen molar-refractivity contribution in [2.75, 3.05) is 69.5 Å². The van der Waals surface area contributed by atoms with Crippen LogP contribution in [0.3, 0.4) is 0 Å². The third-order valence-corrected chi connectivity index (χ3v) is 9.39. The van der Waals surface area contributed by atoms with Crippen molar-refractivity contribution in [3.8, 4) is 17.2 Å². The average Bonchev–Trinajstić information content (AvgIpc) is 3.37. The molecule has 0 unspecified atom stereocenters. The molecule has 9 heteroatoms. The lowest BCUT2D eigenvalue weighted by Crippen LogP contribution is -2.44. The van der Waals surface area contributed by atoms with Crippen LogP contribution in [0.25, 0.3) is 0 Å². The molecular weight excluding hydrogens is 616 g/mol. The first kappa shape index (κ1) is 34.0. The fraction of sp³-hybridized carbons (Fsp3) is 0.350. The summed E-state index contributed by atoms with van der Waals surface area (Å²) in [5.41, 5.74) is 5.00. The fourth-order valence-corrected chi connectivity index (χ4v) is 6.94.